The van der Waals surface area contributed by atoms with Crippen LogP contribution in [0.3, 0.4) is 0 Å². The van der Waals surface area contributed by atoms with E-state index in [1.807, 2.05) is 30.0 Å². The molecule has 3 heterocycles. The molecule has 2 aromatic heterocycles. The summed E-state index contributed by atoms with van der Waals surface area (Å²) in [6.07, 6.45) is 2.70. The van der Waals surface area contributed by atoms with Gasteiger partial charge in [-0.05, 0) is 32.0 Å². The van der Waals surface area contributed by atoms with E-state index in [9.17, 15) is 4.79 Å². The van der Waals surface area contributed by atoms with Gasteiger partial charge in [-0.25, -0.2) is 4.98 Å². The predicted octanol–water partition coefficient (Wildman–Crippen LogP) is 2.95. The summed E-state index contributed by atoms with van der Waals surface area (Å²) in [5.41, 5.74) is 1.52. The number of halogens is 2. The van der Waals surface area contributed by atoms with Gasteiger partial charge in [0.25, 0.3) is 5.91 Å². The summed E-state index contributed by atoms with van der Waals surface area (Å²) in [6, 6.07) is 5.57. The van der Waals surface area contributed by atoms with Crippen LogP contribution in [0.25, 0.3) is 0 Å². The molecule has 138 valence electrons. The highest BCUT2D eigenvalue weighted by Gasteiger charge is 2.20. The van der Waals surface area contributed by atoms with Gasteiger partial charge in [0, 0.05) is 37.7 Å². The average Bonchev–Trinajstić information content (AvgIpc) is 2.82. The second-order valence-electron chi connectivity index (χ2n) is 5.47. The monoisotopic (exact) mass is 404 g/mol. The summed E-state index contributed by atoms with van der Waals surface area (Å²) in [4.78, 5) is 19.1. The summed E-state index contributed by atoms with van der Waals surface area (Å²) in [7, 11) is 0. The third-order valence-electron chi connectivity index (χ3n) is 3.66. The van der Waals surface area contributed by atoms with Crippen molar-refractivity contribution in [3.63, 3.8) is 0 Å². The Morgan fingerprint density at radius 2 is 2.20 bits per heavy atom. The average molecular weight is 405 g/mol. The van der Waals surface area contributed by atoms with Crippen molar-refractivity contribution in [2.24, 2.45) is 0 Å². The van der Waals surface area contributed by atoms with Crippen molar-refractivity contribution in [3.8, 4) is 0 Å². The Hall–Kier alpha value is -1.28. The molecular formula is C16H22Cl2N4O2S. The smallest absolute Gasteiger partial charge is 0.256 e. The Bertz CT molecular complexity index is 676. The number of carbonyl (C=O) groups excluding carboxylic acids is 1. The van der Waals surface area contributed by atoms with Crippen LogP contribution in [0, 0.1) is 6.92 Å². The second kappa shape index (κ2) is 10.7. The number of thioether (sulfide) groups is 1. The lowest BCUT2D eigenvalue weighted by molar-refractivity contribution is 0.0762. The Morgan fingerprint density at radius 1 is 1.36 bits per heavy atom. The Kier molecular flexibility index (Phi) is 9.27. The van der Waals surface area contributed by atoms with Gasteiger partial charge in [-0.2, -0.15) is 0 Å². The van der Waals surface area contributed by atoms with Gasteiger partial charge in [-0.1, -0.05) is 16.9 Å². The highest BCUT2D eigenvalue weighted by molar-refractivity contribution is 7.98. The first-order chi connectivity index (χ1) is 11.2. The van der Waals surface area contributed by atoms with E-state index in [1.165, 1.54) is 11.8 Å². The number of nitrogens with one attached hydrogen (secondary N) is 1. The molecule has 1 aliphatic heterocycles. The molecule has 1 saturated heterocycles. The molecule has 1 aliphatic rings. The highest BCUT2D eigenvalue weighted by atomic mass is 35.5. The standard InChI is InChI=1S/C16H20N4O2S.2ClH/c1-12-10-13(19-22-12)11-23-15-14(4-2-6-18-15)16(21)20-8-3-5-17-7-9-20;;/h2,4,6,10,17H,3,5,7-9,11H2,1H3;2*1H. The molecule has 0 aromatic carbocycles. The number of aryl methyl sites for hydroxylation is 1. The maximum atomic E-state index is 12.8. The third-order valence-corrected chi connectivity index (χ3v) is 4.70. The second-order valence-corrected chi connectivity index (χ2v) is 6.43. The highest BCUT2D eigenvalue weighted by Crippen LogP contribution is 2.25. The number of aromatic nitrogens is 2. The molecular weight excluding hydrogens is 383 g/mol. The number of hydrogen-bond acceptors (Lipinski definition) is 6. The molecule has 0 spiro atoms. The van der Waals surface area contributed by atoms with Crippen LogP contribution in [-0.2, 0) is 5.75 Å². The maximum Gasteiger partial charge on any atom is 0.256 e. The first kappa shape index (κ1) is 21.8. The van der Waals surface area contributed by atoms with Crippen molar-refractivity contribution in [2.75, 3.05) is 26.2 Å². The normalized spacial score (nSPS) is 14.2. The summed E-state index contributed by atoms with van der Waals surface area (Å²) < 4.78 is 5.07. The van der Waals surface area contributed by atoms with Gasteiger partial charge >= 0.3 is 0 Å². The SMILES string of the molecule is Cc1cc(CSc2ncccc2C(=O)N2CCCNCC2)no1.Cl.Cl. The van der Waals surface area contributed by atoms with E-state index < -0.39 is 0 Å². The lowest BCUT2D eigenvalue weighted by Gasteiger charge is -2.20. The lowest BCUT2D eigenvalue weighted by Crippen LogP contribution is -2.34. The van der Waals surface area contributed by atoms with E-state index in [0.717, 1.165) is 49.1 Å². The zero-order valence-electron chi connectivity index (χ0n) is 13.9. The number of nitrogens with zero attached hydrogens (tertiary/aromatic N) is 3. The number of carbonyl (C=O) groups is 1. The molecule has 0 atom stereocenters. The fraction of sp³-hybridized carbons (Fsp3) is 0.438. The minimum absolute atomic E-state index is 0. The van der Waals surface area contributed by atoms with Gasteiger partial charge in [0.1, 0.15) is 10.8 Å². The summed E-state index contributed by atoms with van der Waals surface area (Å²) in [5, 5.41) is 8.04. The van der Waals surface area contributed by atoms with E-state index in [2.05, 4.69) is 15.5 Å². The van der Waals surface area contributed by atoms with Crippen molar-refractivity contribution >= 4 is 42.5 Å². The molecule has 0 bridgehead atoms. The summed E-state index contributed by atoms with van der Waals surface area (Å²) >= 11 is 1.51. The minimum Gasteiger partial charge on any atom is -0.361 e. The number of pyridine rings is 1. The zero-order chi connectivity index (χ0) is 16.1. The van der Waals surface area contributed by atoms with E-state index in [-0.39, 0.29) is 30.7 Å². The van der Waals surface area contributed by atoms with Crippen molar-refractivity contribution in [1.82, 2.24) is 20.4 Å². The quantitative estimate of drug-likeness (QED) is 0.789. The van der Waals surface area contributed by atoms with Crippen LogP contribution in [0.2, 0.25) is 0 Å². The first-order valence-electron chi connectivity index (χ1n) is 7.74. The van der Waals surface area contributed by atoms with Crippen LogP contribution >= 0.6 is 36.6 Å². The molecule has 0 aliphatic carbocycles. The van der Waals surface area contributed by atoms with Crippen molar-refractivity contribution < 1.29 is 9.32 Å². The fourth-order valence-electron chi connectivity index (χ4n) is 2.52. The van der Waals surface area contributed by atoms with Gasteiger partial charge < -0.3 is 14.7 Å². The number of amides is 1. The van der Waals surface area contributed by atoms with Crippen LogP contribution < -0.4 is 5.32 Å². The van der Waals surface area contributed by atoms with Gasteiger partial charge in [0.05, 0.1) is 11.3 Å². The molecule has 6 nitrogen and oxygen atoms in total. The summed E-state index contributed by atoms with van der Waals surface area (Å²) in [6.45, 7) is 5.19. The van der Waals surface area contributed by atoms with Crippen LogP contribution in [0.1, 0.15) is 28.2 Å². The first-order valence-corrected chi connectivity index (χ1v) is 8.72. The molecule has 1 fully saturated rings. The van der Waals surface area contributed by atoms with Gasteiger partial charge in [-0.15, -0.1) is 24.8 Å². The molecule has 3 rings (SSSR count). The molecule has 25 heavy (non-hydrogen) atoms. The molecule has 1 amide bonds. The van der Waals surface area contributed by atoms with Gasteiger partial charge in [0.15, 0.2) is 0 Å². The maximum absolute atomic E-state index is 12.8. The largest absolute Gasteiger partial charge is 0.361 e. The zero-order valence-corrected chi connectivity index (χ0v) is 16.4. The molecule has 0 saturated carbocycles. The Labute approximate surface area is 163 Å². The summed E-state index contributed by atoms with van der Waals surface area (Å²) in [5.74, 6) is 1.48. The molecule has 0 radical (unpaired) electrons. The molecule has 2 aromatic rings. The lowest BCUT2D eigenvalue weighted by atomic mass is 10.2. The van der Waals surface area contributed by atoms with Crippen molar-refractivity contribution in [3.05, 3.63) is 41.4 Å². The van der Waals surface area contributed by atoms with Crippen molar-refractivity contribution in [2.45, 2.75) is 24.1 Å². The van der Waals surface area contributed by atoms with Crippen LogP contribution in [0.5, 0.6) is 0 Å². The molecule has 9 heteroatoms. The molecule has 1 N–H and O–H groups in total. The van der Waals surface area contributed by atoms with Gasteiger partial charge in [-0.3, -0.25) is 4.79 Å². The fourth-order valence-corrected chi connectivity index (χ4v) is 3.38. The number of hydrogen-bond donors (Lipinski definition) is 1. The van der Waals surface area contributed by atoms with E-state index in [4.69, 9.17) is 4.52 Å². The minimum atomic E-state index is 0. The number of rotatable bonds is 4. The van der Waals surface area contributed by atoms with Crippen molar-refractivity contribution in [1.29, 1.82) is 0 Å². The van der Waals surface area contributed by atoms with Gasteiger partial charge in [0.2, 0.25) is 0 Å². The molecule has 0 unspecified atom stereocenters. The topological polar surface area (TPSA) is 71.3 Å². The van der Waals surface area contributed by atoms with E-state index in [1.54, 1.807) is 6.20 Å². The predicted molar refractivity (Wildman–Crippen MR) is 103 cm³/mol. The van der Waals surface area contributed by atoms with Crippen LogP contribution in [0.4, 0.5) is 0 Å². The van der Waals surface area contributed by atoms with Crippen LogP contribution in [0.15, 0.2) is 33.9 Å². The Morgan fingerprint density at radius 3 is 2.96 bits per heavy atom. The Balaban J connectivity index is 0.00000156. The third kappa shape index (κ3) is 5.88. The van der Waals surface area contributed by atoms with Crippen LogP contribution in [-0.4, -0.2) is 47.1 Å². The van der Waals surface area contributed by atoms with E-state index >= 15 is 0 Å². The van der Waals surface area contributed by atoms with E-state index in [0.29, 0.717) is 11.3 Å².